The highest BCUT2D eigenvalue weighted by Gasteiger charge is 2.30. The molecule has 0 aromatic carbocycles. The predicted molar refractivity (Wildman–Crippen MR) is 74.3 cm³/mol. The predicted octanol–water partition coefficient (Wildman–Crippen LogP) is 3.32. The zero-order valence-electron chi connectivity index (χ0n) is 12.7. The van der Waals surface area contributed by atoms with Crippen LogP contribution in [-0.4, -0.2) is 42.8 Å². The lowest BCUT2D eigenvalue weighted by atomic mass is 9.96. The zero-order chi connectivity index (χ0) is 15.6. The fraction of sp³-hybridized carbons (Fsp3) is 0.929. The molecule has 0 amide bonds. The molecular weight excluding hydrogens is 267 g/mol. The highest BCUT2D eigenvalue weighted by molar-refractivity contribution is 5.03. The van der Waals surface area contributed by atoms with Crippen molar-refractivity contribution >= 4 is 0 Å². The Labute approximate surface area is 120 Å². The SMILES string of the molecule is CCCN(CCCCC(C)(C#N)NCC)CC(F)(F)F. The van der Waals surface area contributed by atoms with Crippen LogP contribution in [0.5, 0.6) is 0 Å². The van der Waals surface area contributed by atoms with Crippen molar-refractivity contribution in [1.82, 2.24) is 10.2 Å². The van der Waals surface area contributed by atoms with E-state index in [2.05, 4.69) is 11.4 Å². The molecule has 3 nitrogen and oxygen atoms in total. The van der Waals surface area contributed by atoms with Crippen molar-refractivity contribution in [2.45, 2.75) is 58.2 Å². The molecule has 0 aliphatic carbocycles. The van der Waals surface area contributed by atoms with Crippen LogP contribution in [0.2, 0.25) is 0 Å². The van der Waals surface area contributed by atoms with E-state index in [1.54, 1.807) is 0 Å². The minimum Gasteiger partial charge on any atom is -0.300 e. The molecule has 0 aliphatic rings. The number of hydrogen-bond acceptors (Lipinski definition) is 3. The van der Waals surface area contributed by atoms with E-state index in [4.69, 9.17) is 5.26 Å². The molecule has 0 aromatic heterocycles. The fourth-order valence-electron chi connectivity index (χ4n) is 2.23. The molecule has 1 unspecified atom stereocenters. The van der Waals surface area contributed by atoms with E-state index in [9.17, 15) is 13.2 Å². The molecule has 0 heterocycles. The second-order valence-electron chi connectivity index (χ2n) is 5.32. The Kier molecular flexibility index (Phi) is 8.83. The summed E-state index contributed by atoms with van der Waals surface area (Å²) in [6.07, 6.45) is -1.35. The highest BCUT2D eigenvalue weighted by Crippen LogP contribution is 2.18. The number of nitrogens with one attached hydrogen (secondary N) is 1. The number of nitriles is 1. The summed E-state index contributed by atoms with van der Waals surface area (Å²) in [7, 11) is 0. The first-order valence-electron chi connectivity index (χ1n) is 7.21. The Balaban J connectivity index is 4.09. The summed E-state index contributed by atoms with van der Waals surface area (Å²) in [5, 5.41) is 12.2. The maximum absolute atomic E-state index is 12.4. The molecule has 0 saturated heterocycles. The van der Waals surface area contributed by atoms with Crippen molar-refractivity contribution in [3.63, 3.8) is 0 Å². The van der Waals surface area contributed by atoms with E-state index in [0.717, 1.165) is 6.42 Å². The quantitative estimate of drug-likeness (QED) is 0.628. The van der Waals surface area contributed by atoms with Gasteiger partial charge in [0.15, 0.2) is 0 Å². The number of alkyl halides is 3. The lowest BCUT2D eigenvalue weighted by molar-refractivity contribution is -0.146. The monoisotopic (exact) mass is 293 g/mol. The molecule has 0 saturated carbocycles. The Morgan fingerprint density at radius 3 is 2.25 bits per heavy atom. The molecule has 0 aromatic rings. The van der Waals surface area contributed by atoms with Crippen molar-refractivity contribution in [2.24, 2.45) is 0 Å². The molecule has 0 fully saturated rings. The van der Waals surface area contributed by atoms with Crippen LogP contribution in [0.3, 0.4) is 0 Å². The summed E-state index contributed by atoms with van der Waals surface area (Å²) in [6, 6.07) is 2.23. The Morgan fingerprint density at radius 2 is 1.80 bits per heavy atom. The second-order valence-corrected chi connectivity index (χ2v) is 5.32. The van der Waals surface area contributed by atoms with Gasteiger partial charge in [-0.1, -0.05) is 13.8 Å². The third-order valence-corrected chi connectivity index (χ3v) is 3.16. The molecule has 20 heavy (non-hydrogen) atoms. The molecule has 0 rings (SSSR count). The summed E-state index contributed by atoms with van der Waals surface area (Å²) in [4.78, 5) is 1.44. The number of nitrogens with zero attached hydrogens (tertiary/aromatic N) is 2. The molecule has 1 N–H and O–H groups in total. The summed E-state index contributed by atoms with van der Waals surface area (Å²) < 4.78 is 37.2. The lowest BCUT2D eigenvalue weighted by Crippen LogP contribution is -2.41. The number of rotatable bonds is 10. The third kappa shape index (κ3) is 9.16. The van der Waals surface area contributed by atoms with Gasteiger partial charge in [0.25, 0.3) is 0 Å². The molecule has 6 heteroatoms. The van der Waals surface area contributed by atoms with Gasteiger partial charge in [0, 0.05) is 0 Å². The molecule has 0 spiro atoms. The number of halogens is 3. The van der Waals surface area contributed by atoms with Crippen molar-refractivity contribution in [1.29, 1.82) is 5.26 Å². The third-order valence-electron chi connectivity index (χ3n) is 3.16. The van der Waals surface area contributed by atoms with Crippen molar-refractivity contribution in [3.05, 3.63) is 0 Å². The number of hydrogen-bond donors (Lipinski definition) is 1. The second kappa shape index (κ2) is 9.19. The highest BCUT2D eigenvalue weighted by atomic mass is 19.4. The van der Waals surface area contributed by atoms with Gasteiger partial charge in [-0.3, -0.25) is 10.2 Å². The van der Waals surface area contributed by atoms with Gasteiger partial charge in [-0.2, -0.15) is 18.4 Å². The molecule has 0 radical (unpaired) electrons. The average Bonchev–Trinajstić information content (AvgIpc) is 2.33. The van der Waals surface area contributed by atoms with Gasteiger partial charge < -0.3 is 0 Å². The van der Waals surface area contributed by atoms with E-state index >= 15 is 0 Å². The summed E-state index contributed by atoms with van der Waals surface area (Å²) in [6.45, 7) is 6.39. The first-order valence-corrected chi connectivity index (χ1v) is 7.21. The van der Waals surface area contributed by atoms with Crippen LogP contribution in [-0.2, 0) is 0 Å². The fourth-order valence-corrected chi connectivity index (χ4v) is 2.23. The van der Waals surface area contributed by atoms with Crippen LogP contribution >= 0.6 is 0 Å². The summed E-state index contributed by atoms with van der Waals surface area (Å²) in [5.74, 6) is 0. The molecule has 118 valence electrons. The Bertz CT molecular complexity index is 299. The van der Waals surface area contributed by atoms with Crippen molar-refractivity contribution in [3.8, 4) is 6.07 Å². The summed E-state index contributed by atoms with van der Waals surface area (Å²) in [5.41, 5.74) is -0.575. The van der Waals surface area contributed by atoms with E-state index in [-0.39, 0.29) is 0 Å². The average molecular weight is 293 g/mol. The minimum atomic E-state index is -4.14. The zero-order valence-corrected chi connectivity index (χ0v) is 12.7. The molecular formula is C14H26F3N3. The van der Waals surface area contributed by atoms with Crippen LogP contribution in [0.25, 0.3) is 0 Å². The first kappa shape index (κ1) is 19.2. The van der Waals surface area contributed by atoms with E-state index in [0.29, 0.717) is 38.9 Å². The van der Waals surface area contributed by atoms with Crippen molar-refractivity contribution in [2.75, 3.05) is 26.2 Å². The smallest absolute Gasteiger partial charge is 0.300 e. The Morgan fingerprint density at radius 1 is 1.15 bits per heavy atom. The first-order chi connectivity index (χ1) is 9.26. The van der Waals surface area contributed by atoms with Crippen LogP contribution in [0, 0.1) is 11.3 Å². The van der Waals surface area contributed by atoms with Crippen LogP contribution < -0.4 is 5.32 Å². The summed E-state index contributed by atoms with van der Waals surface area (Å²) >= 11 is 0. The minimum absolute atomic E-state index is 0.432. The molecule has 0 bridgehead atoms. The normalized spacial score (nSPS) is 15.1. The van der Waals surface area contributed by atoms with Crippen LogP contribution in [0.15, 0.2) is 0 Å². The Hall–Kier alpha value is -0.800. The van der Waals surface area contributed by atoms with Gasteiger partial charge in [0.1, 0.15) is 5.54 Å². The largest absolute Gasteiger partial charge is 0.401 e. The standard InChI is InChI=1S/C14H26F3N3/c1-4-9-20(12-14(15,16)17)10-7-6-8-13(3,11-18)19-5-2/h19H,4-10,12H2,1-3H3. The van der Waals surface area contributed by atoms with E-state index < -0.39 is 18.3 Å². The van der Waals surface area contributed by atoms with Crippen LogP contribution in [0.1, 0.15) is 46.5 Å². The van der Waals surface area contributed by atoms with Gasteiger partial charge in [0.2, 0.25) is 0 Å². The lowest BCUT2D eigenvalue weighted by Gasteiger charge is -2.25. The topological polar surface area (TPSA) is 39.1 Å². The van der Waals surface area contributed by atoms with E-state index in [1.165, 1.54) is 4.90 Å². The van der Waals surface area contributed by atoms with E-state index in [1.807, 2.05) is 20.8 Å². The van der Waals surface area contributed by atoms with Gasteiger partial charge in [0.05, 0.1) is 12.6 Å². The van der Waals surface area contributed by atoms with Gasteiger partial charge in [-0.05, 0) is 52.2 Å². The number of unbranched alkanes of at least 4 members (excludes halogenated alkanes) is 1. The van der Waals surface area contributed by atoms with Gasteiger partial charge >= 0.3 is 6.18 Å². The maximum Gasteiger partial charge on any atom is 0.401 e. The maximum atomic E-state index is 12.4. The van der Waals surface area contributed by atoms with Crippen LogP contribution in [0.4, 0.5) is 13.2 Å². The molecule has 0 aliphatic heterocycles. The van der Waals surface area contributed by atoms with Gasteiger partial charge in [-0.15, -0.1) is 0 Å². The van der Waals surface area contributed by atoms with Crippen molar-refractivity contribution < 1.29 is 13.2 Å². The molecule has 1 atom stereocenters. The van der Waals surface area contributed by atoms with Gasteiger partial charge in [-0.25, -0.2) is 0 Å².